The van der Waals surface area contributed by atoms with Crippen LogP contribution in [-0.4, -0.2) is 32.9 Å². The van der Waals surface area contributed by atoms with E-state index in [1.807, 2.05) is 5.32 Å². The predicted molar refractivity (Wildman–Crippen MR) is 73.6 cm³/mol. The average Bonchev–Trinajstić information content (AvgIpc) is 2.44. The SMILES string of the molecule is NC(=O)CC(Nc1c([N+](=O)[O-])cc(C(F)(F)F)cc1[N+](=O)[O-])C(=O)O. The molecule has 1 aromatic rings. The Bertz CT molecular complexity index is 715. The standard InChI is InChI=1S/C11H9F3N4O7/c12-11(13,14)4-1-6(17(22)23)9(7(2-4)18(24)25)16-5(10(20)21)3-8(15)19/h1-2,5,16H,3H2,(H2,15,19)(H,20,21). The van der Waals surface area contributed by atoms with Crippen LogP contribution >= 0.6 is 0 Å². The van der Waals surface area contributed by atoms with Gasteiger partial charge in [0, 0.05) is 12.1 Å². The molecule has 25 heavy (non-hydrogen) atoms. The molecular weight excluding hydrogens is 357 g/mol. The molecule has 1 aromatic carbocycles. The van der Waals surface area contributed by atoms with E-state index < -0.39 is 63.0 Å². The number of nitrogens with two attached hydrogens (primary N) is 1. The minimum absolute atomic E-state index is 0.0124. The highest BCUT2D eigenvalue weighted by atomic mass is 19.4. The molecule has 1 rings (SSSR count). The number of carboxylic acid groups (broad SMARTS) is 1. The van der Waals surface area contributed by atoms with Gasteiger partial charge in [0.2, 0.25) is 5.91 Å². The number of carboxylic acids is 1. The summed E-state index contributed by atoms with van der Waals surface area (Å²) < 4.78 is 38.2. The largest absolute Gasteiger partial charge is 0.480 e. The fourth-order valence-electron chi connectivity index (χ4n) is 1.79. The first kappa shape index (κ1) is 19.6. The van der Waals surface area contributed by atoms with Gasteiger partial charge in [-0.25, -0.2) is 4.79 Å². The van der Waals surface area contributed by atoms with E-state index in [9.17, 15) is 43.0 Å². The Labute approximate surface area is 135 Å². The third kappa shape index (κ3) is 4.76. The van der Waals surface area contributed by atoms with Crippen LogP contribution in [0, 0.1) is 20.2 Å². The second-order valence-electron chi connectivity index (χ2n) is 4.61. The van der Waals surface area contributed by atoms with Gasteiger partial charge in [0.1, 0.15) is 6.04 Å². The Balaban J connectivity index is 3.60. The number of carbonyl (C=O) groups is 2. The second kappa shape index (κ2) is 6.98. The number of carbonyl (C=O) groups excluding carboxylic acids is 1. The molecule has 0 aromatic heterocycles. The molecule has 0 saturated heterocycles. The molecule has 0 saturated carbocycles. The Hall–Kier alpha value is -3.45. The smallest absolute Gasteiger partial charge is 0.416 e. The van der Waals surface area contributed by atoms with Crippen molar-refractivity contribution in [1.82, 2.24) is 0 Å². The normalized spacial score (nSPS) is 12.3. The van der Waals surface area contributed by atoms with Crippen molar-refractivity contribution in [2.75, 3.05) is 5.32 Å². The van der Waals surface area contributed by atoms with Crippen LogP contribution in [0.25, 0.3) is 0 Å². The van der Waals surface area contributed by atoms with E-state index in [2.05, 4.69) is 0 Å². The molecule has 0 radical (unpaired) electrons. The Morgan fingerprint density at radius 1 is 1.20 bits per heavy atom. The van der Waals surface area contributed by atoms with E-state index in [0.29, 0.717) is 0 Å². The van der Waals surface area contributed by atoms with Crippen molar-refractivity contribution in [3.8, 4) is 0 Å². The number of hydrogen-bond donors (Lipinski definition) is 3. The number of hydrogen-bond acceptors (Lipinski definition) is 7. The van der Waals surface area contributed by atoms with Crippen LogP contribution in [0.5, 0.6) is 0 Å². The molecule has 4 N–H and O–H groups in total. The number of nitro benzene ring substituents is 2. The van der Waals surface area contributed by atoms with Crippen LogP contribution in [0.1, 0.15) is 12.0 Å². The molecule has 0 bridgehead atoms. The number of nitrogens with zero attached hydrogens (tertiary/aromatic N) is 2. The van der Waals surface area contributed by atoms with Gasteiger partial charge in [-0.3, -0.25) is 25.0 Å². The summed E-state index contributed by atoms with van der Waals surface area (Å²) in [5, 5.41) is 32.7. The molecule has 0 fully saturated rings. The summed E-state index contributed by atoms with van der Waals surface area (Å²) in [6.45, 7) is 0. The van der Waals surface area contributed by atoms with E-state index in [1.54, 1.807) is 0 Å². The average molecular weight is 366 g/mol. The number of benzene rings is 1. The lowest BCUT2D eigenvalue weighted by atomic mass is 10.1. The van der Waals surface area contributed by atoms with E-state index in [-0.39, 0.29) is 12.1 Å². The molecule has 136 valence electrons. The van der Waals surface area contributed by atoms with Crippen molar-refractivity contribution in [3.05, 3.63) is 37.9 Å². The number of aliphatic carboxylic acids is 1. The first-order chi connectivity index (χ1) is 11.3. The van der Waals surface area contributed by atoms with Crippen molar-refractivity contribution in [2.24, 2.45) is 5.73 Å². The quantitative estimate of drug-likeness (QED) is 0.476. The van der Waals surface area contributed by atoms with Gasteiger partial charge < -0.3 is 16.2 Å². The first-order valence-electron chi connectivity index (χ1n) is 6.16. The van der Waals surface area contributed by atoms with Crippen molar-refractivity contribution >= 4 is 28.9 Å². The van der Waals surface area contributed by atoms with Crippen molar-refractivity contribution < 1.29 is 37.7 Å². The molecule has 1 amide bonds. The van der Waals surface area contributed by atoms with Crippen molar-refractivity contribution in [2.45, 2.75) is 18.6 Å². The van der Waals surface area contributed by atoms with Gasteiger partial charge in [-0.1, -0.05) is 0 Å². The molecule has 0 heterocycles. The van der Waals surface area contributed by atoms with Gasteiger partial charge in [-0.15, -0.1) is 0 Å². The fraction of sp³-hybridized carbons (Fsp3) is 0.273. The maximum absolute atomic E-state index is 12.7. The van der Waals surface area contributed by atoms with E-state index in [0.717, 1.165) is 0 Å². The minimum Gasteiger partial charge on any atom is -0.480 e. The number of nitro groups is 2. The van der Waals surface area contributed by atoms with Crippen LogP contribution < -0.4 is 11.1 Å². The van der Waals surface area contributed by atoms with E-state index in [1.165, 1.54) is 0 Å². The minimum atomic E-state index is -5.12. The van der Waals surface area contributed by atoms with Gasteiger partial charge in [0.05, 0.1) is 21.8 Å². The van der Waals surface area contributed by atoms with Gasteiger partial charge in [0.25, 0.3) is 11.4 Å². The van der Waals surface area contributed by atoms with Crippen LogP contribution in [0.15, 0.2) is 12.1 Å². The fourth-order valence-corrected chi connectivity index (χ4v) is 1.79. The number of primary amides is 1. The summed E-state index contributed by atoms with van der Waals surface area (Å²) in [6.07, 6.45) is -6.03. The Morgan fingerprint density at radius 3 is 1.92 bits per heavy atom. The maximum atomic E-state index is 12.7. The maximum Gasteiger partial charge on any atom is 0.416 e. The van der Waals surface area contributed by atoms with Gasteiger partial charge in [-0.2, -0.15) is 13.2 Å². The Kier molecular flexibility index (Phi) is 5.47. The van der Waals surface area contributed by atoms with Crippen molar-refractivity contribution in [3.63, 3.8) is 0 Å². The zero-order valence-corrected chi connectivity index (χ0v) is 11.9. The number of anilines is 1. The van der Waals surface area contributed by atoms with Crippen LogP contribution in [0.4, 0.5) is 30.2 Å². The Morgan fingerprint density at radius 2 is 1.64 bits per heavy atom. The summed E-state index contributed by atoms with van der Waals surface area (Å²) in [5.74, 6) is -2.90. The van der Waals surface area contributed by atoms with E-state index in [4.69, 9.17) is 10.8 Å². The van der Waals surface area contributed by atoms with Crippen LogP contribution in [0.2, 0.25) is 0 Å². The number of halogens is 3. The van der Waals surface area contributed by atoms with Crippen molar-refractivity contribution in [1.29, 1.82) is 0 Å². The topological polar surface area (TPSA) is 179 Å². The van der Waals surface area contributed by atoms with Crippen LogP contribution in [0.3, 0.4) is 0 Å². The molecule has 1 unspecified atom stereocenters. The molecule has 14 heteroatoms. The lowest BCUT2D eigenvalue weighted by molar-refractivity contribution is -0.392. The van der Waals surface area contributed by atoms with Gasteiger partial charge in [-0.05, 0) is 0 Å². The third-order valence-corrected chi connectivity index (χ3v) is 2.84. The van der Waals surface area contributed by atoms with Gasteiger partial charge >= 0.3 is 12.1 Å². The summed E-state index contributed by atoms with van der Waals surface area (Å²) in [4.78, 5) is 41.1. The molecule has 0 spiro atoms. The molecule has 0 aliphatic carbocycles. The number of alkyl halides is 3. The molecule has 0 aliphatic heterocycles. The number of nitrogens with one attached hydrogen (secondary N) is 1. The third-order valence-electron chi connectivity index (χ3n) is 2.84. The molecule has 0 aliphatic rings. The molecule has 1 atom stereocenters. The first-order valence-corrected chi connectivity index (χ1v) is 6.16. The van der Waals surface area contributed by atoms with E-state index >= 15 is 0 Å². The lowest BCUT2D eigenvalue weighted by Gasteiger charge is -2.15. The zero-order valence-electron chi connectivity index (χ0n) is 11.9. The monoisotopic (exact) mass is 366 g/mol. The summed E-state index contributed by atoms with van der Waals surface area (Å²) >= 11 is 0. The predicted octanol–water partition coefficient (Wildman–Crippen LogP) is 1.26. The highest BCUT2D eigenvalue weighted by Crippen LogP contribution is 2.41. The highest BCUT2D eigenvalue weighted by Gasteiger charge is 2.38. The van der Waals surface area contributed by atoms with Gasteiger partial charge in [0.15, 0.2) is 5.69 Å². The lowest BCUT2D eigenvalue weighted by Crippen LogP contribution is -2.34. The number of amides is 1. The summed E-state index contributed by atoms with van der Waals surface area (Å²) in [5.41, 5.74) is -0.707. The molecular formula is C11H9F3N4O7. The van der Waals surface area contributed by atoms with Crippen LogP contribution in [-0.2, 0) is 15.8 Å². The summed E-state index contributed by atoms with van der Waals surface area (Å²) in [6, 6.07) is -1.90. The number of rotatable bonds is 7. The summed E-state index contributed by atoms with van der Waals surface area (Å²) in [7, 11) is 0. The second-order valence-corrected chi connectivity index (χ2v) is 4.61. The molecule has 11 nitrogen and oxygen atoms in total. The highest BCUT2D eigenvalue weighted by molar-refractivity contribution is 5.88. The zero-order chi connectivity index (χ0) is 19.5.